The Hall–Kier alpha value is -2.57. The molecule has 0 saturated heterocycles. The maximum atomic E-state index is 12.3. The Morgan fingerprint density at radius 2 is 1.79 bits per heavy atom. The van der Waals surface area contributed by atoms with Crippen LogP contribution in [0.15, 0.2) is 59.9 Å². The number of thioether (sulfide) groups is 1. The number of amides is 1. The van der Waals surface area contributed by atoms with Crippen LogP contribution in [-0.4, -0.2) is 26.3 Å². The normalized spacial score (nSPS) is 10.8. The van der Waals surface area contributed by atoms with Gasteiger partial charge in [0.25, 0.3) is 0 Å². The van der Waals surface area contributed by atoms with E-state index < -0.39 is 0 Å². The molecule has 0 fully saturated rings. The number of anilines is 1. The van der Waals surface area contributed by atoms with Crippen molar-refractivity contribution in [2.75, 3.05) is 11.1 Å². The van der Waals surface area contributed by atoms with Gasteiger partial charge in [0.15, 0.2) is 5.16 Å². The van der Waals surface area contributed by atoms with Crippen LogP contribution in [0.3, 0.4) is 0 Å². The maximum Gasteiger partial charge on any atom is 0.234 e. The highest BCUT2D eigenvalue weighted by Gasteiger charge is 2.12. The van der Waals surface area contributed by atoms with E-state index >= 15 is 0 Å². The van der Waals surface area contributed by atoms with Gasteiger partial charge in [0.2, 0.25) is 5.91 Å². The van der Waals surface area contributed by atoms with Crippen LogP contribution in [0.4, 0.5) is 5.69 Å². The first kappa shape index (κ1) is 20.2. The topological polar surface area (TPSA) is 67.2 Å². The molecule has 1 heterocycles. The van der Waals surface area contributed by atoms with Gasteiger partial charge >= 0.3 is 0 Å². The van der Waals surface area contributed by atoms with Crippen molar-refractivity contribution in [3.8, 4) is 0 Å². The minimum absolute atomic E-state index is 0.0790. The molecular weight excluding hydrogens is 370 g/mol. The van der Waals surface area contributed by atoms with E-state index in [1.54, 1.807) is 0 Å². The van der Waals surface area contributed by atoms with Crippen molar-refractivity contribution in [2.24, 2.45) is 0 Å². The van der Waals surface area contributed by atoms with E-state index in [0.29, 0.717) is 12.2 Å². The molecule has 5 nitrogen and oxygen atoms in total. The van der Waals surface area contributed by atoms with Gasteiger partial charge in [0.1, 0.15) is 0 Å². The number of carbonyl (C=O) groups excluding carboxylic acids is 1. The highest BCUT2D eigenvalue weighted by atomic mass is 32.2. The summed E-state index contributed by atoms with van der Waals surface area (Å²) in [5.74, 6) is 0.176. The molecule has 0 saturated carbocycles. The zero-order valence-electron chi connectivity index (χ0n) is 16.2. The molecular formula is C22H25N3O2S. The van der Waals surface area contributed by atoms with Crippen LogP contribution in [0, 0.1) is 6.92 Å². The first-order valence-electron chi connectivity index (χ1n) is 9.31. The number of benzene rings is 2. The van der Waals surface area contributed by atoms with Crippen LogP contribution in [0.2, 0.25) is 0 Å². The molecule has 2 N–H and O–H groups in total. The zero-order chi connectivity index (χ0) is 19.9. The smallest absolute Gasteiger partial charge is 0.234 e. The lowest BCUT2D eigenvalue weighted by Gasteiger charge is -2.09. The number of aliphatic hydroxyl groups excluding tert-OH is 1. The lowest BCUT2D eigenvalue weighted by Crippen LogP contribution is -2.14. The average Bonchev–Trinajstić information content (AvgIpc) is 3.10. The second kappa shape index (κ2) is 9.57. The number of imidazole rings is 1. The minimum Gasteiger partial charge on any atom is -0.390 e. The van der Waals surface area contributed by atoms with Crippen molar-refractivity contribution < 1.29 is 9.90 Å². The van der Waals surface area contributed by atoms with Crippen LogP contribution < -0.4 is 5.32 Å². The molecule has 0 aliphatic heterocycles. The Kier molecular flexibility index (Phi) is 6.90. The van der Waals surface area contributed by atoms with E-state index in [2.05, 4.69) is 48.4 Å². The van der Waals surface area contributed by atoms with Crippen LogP contribution >= 0.6 is 11.8 Å². The monoisotopic (exact) mass is 395 g/mol. The number of aryl methyl sites for hydroxylation is 2. The lowest BCUT2D eigenvalue weighted by molar-refractivity contribution is -0.113. The molecule has 6 heteroatoms. The third-order valence-corrected chi connectivity index (χ3v) is 5.39. The number of rotatable bonds is 8. The Morgan fingerprint density at radius 3 is 2.43 bits per heavy atom. The van der Waals surface area contributed by atoms with Crippen LogP contribution in [-0.2, 0) is 24.4 Å². The fourth-order valence-electron chi connectivity index (χ4n) is 2.80. The molecule has 0 unspecified atom stereocenters. The Labute approximate surface area is 169 Å². The summed E-state index contributed by atoms with van der Waals surface area (Å²) in [6, 6.07) is 16.2. The molecule has 3 rings (SSSR count). The molecule has 0 radical (unpaired) electrons. The quantitative estimate of drug-likeness (QED) is 0.565. The number of aliphatic hydroxyl groups is 1. The molecule has 1 aromatic heterocycles. The van der Waals surface area contributed by atoms with Gasteiger partial charge in [-0.15, -0.1) is 0 Å². The predicted molar refractivity (Wildman–Crippen MR) is 114 cm³/mol. The maximum absolute atomic E-state index is 12.3. The summed E-state index contributed by atoms with van der Waals surface area (Å²) in [6.45, 7) is 4.68. The summed E-state index contributed by atoms with van der Waals surface area (Å²) in [5.41, 5.74) is 4.99. The average molecular weight is 396 g/mol. The number of hydrogen-bond donors (Lipinski definition) is 2. The molecule has 0 spiro atoms. The second-order valence-electron chi connectivity index (χ2n) is 6.67. The fourth-order valence-corrected chi connectivity index (χ4v) is 3.59. The molecule has 28 heavy (non-hydrogen) atoms. The van der Waals surface area contributed by atoms with Crippen LogP contribution in [0.5, 0.6) is 0 Å². The van der Waals surface area contributed by atoms with Crippen molar-refractivity contribution in [1.82, 2.24) is 9.55 Å². The van der Waals surface area contributed by atoms with Crippen LogP contribution in [0.25, 0.3) is 0 Å². The van der Waals surface area contributed by atoms with E-state index in [1.165, 1.54) is 22.9 Å². The Morgan fingerprint density at radius 1 is 1.11 bits per heavy atom. The van der Waals surface area contributed by atoms with Crippen molar-refractivity contribution in [3.63, 3.8) is 0 Å². The number of nitrogens with zero attached hydrogens (tertiary/aromatic N) is 2. The second-order valence-corrected chi connectivity index (χ2v) is 7.62. The summed E-state index contributed by atoms with van der Waals surface area (Å²) in [6.07, 6.45) is 2.81. The molecule has 1 amide bonds. The van der Waals surface area contributed by atoms with Gasteiger partial charge in [-0.25, -0.2) is 4.98 Å². The summed E-state index contributed by atoms with van der Waals surface area (Å²) in [7, 11) is 0. The van der Waals surface area contributed by atoms with E-state index in [4.69, 9.17) is 0 Å². The molecule has 2 aromatic carbocycles. The van der Waals surface area contributed by atoms with E-state index in [0.717, 1.165) is 22.8 Å². The fraction of sp³-hybridized carbons (Fsp3) is 0.273. The minimum atomic E-state index is -0.121. The van der Waals surface area contributed by atoms with Gasteiger partial charge in [0, 0.05) is 18.4 Å². The largest absolute Gasteiger partial charge is 0.390 e. The van der Waals surface area contributed by atoms with Gasteiger partial charge in [-0.1, -0.05) is 60.6 Å². The Balaban J connectivity index is 1.63. The highest BCUT2D eigenvalue weighted by Crippen LogP contribution is 2.20. The SMILES string of the molecule is CCc1ccc(NC(=O)CSc2nc(CO)cn2Cc2ccc(C)cc2)cc1. The standard InChI is InChI=1S/C22H25N3O2S/c1-3-17-8-10-19(11-9-17)23-21(27)15-28-22-24-20(14-26)13-25(22)12-18-6-4-16(2)5-7-18/h4-11,13,26H,3,12,14-15H2,1-2H3,(H,23,27). The summed E-state index contributed by atoms with van der Waals surface area (Å²) in [5, 5.41) is 13.1. The number of nitrogens with one attached hydrogen (secondary N) is 1. The predicted octanol–water partition coefficient (Wildman–Crippen LogP) is 4.03. The molecule has 0 aliphatic carbocycles. The van der Waals surface area contributed by atoms with Crippen LogP contribution in [0.1, 0.15) is 29.3 Å². The molecule has 3 aromatic rings. The molecule has 0 aliphatic rings. The van der Waals surface area contributed by atoms with Gasteiger partial charge in [-0.3, -0.25) is 4.79 Å². The van der Waals surface area contributed by atoms with Gasteiger partial charge in [-0.05, 0) is 36.6 Å². The summed E-state index contributed by atoms with van der Waals surface area (Å²) < 4.78 is 1.98. The number of hydrogen-bond acceptors (Lipinski definition) is 4. The molecule has 0 bridgehead atoms. The third-order valence-electron chi connectivity index (χ3n) is 4.40. The summed E-state index contributed by atoms with van der Waals surface area (Å²) in [4.78, 5) is 16.7. The van der Waals surface area contributed by atoms with Gasteiger partial charge < -0.3 is 15.0 Å². The summed E-state index contributed by atoms with van der Waals surface area (Å²) >= 11 is 1.37. The van der Waals surface area contributed by atoms with Crippen molar-refractivity contribution >= 4 is 23.4 Å². The first-order valence-corrected chi connectivity index (χ1v) is 10.3. The van der Waals surface area contributed by atoms with Gasteiger partial charge in [0.05, 0.1) is 18.1 Å². The van der Waals surface area contributed by atoms with E-state index in [9.17, 15) is 9.90 Å². The lowest BCUT2D eigenvalue weighted by atomic mass is 10.1. The number of aromatic nitrogens is 2. The first-order chi connectivity index (χ1) is 13.6. The third kappa shape index (κ3) is 5.47. The molecule has 0 atom stereocenters. The van der Waals surface area contributed by atoms with E-state index in [1.807, 2.05) is 35.0 Å². The van der Waals surface area contributed by atoms with Crippen molar-refractivity contribution in [2.45, 2.75) is 38.6 Å². The highest BCUT2D eigenvalue weighted by molar-refractivity contribution is 7.99. The van der Waals surface area contributed by atoms with E-state index in [-0.39, 0.29) is 18.3 Å². The zero-order valence-corrected chi connectivity index (χ0v) is 17.0. The van der Waals surface area contributed by atoms with Crippen molar-refractivity contribution in [3.05, 3.63) is 77.1 Å². The molecule has 146 valence electrons. The number of carbonyl (C=O) groups is 1. The van der Waals surface area contributed by atoms with Crippen molar-refractivity contribution in [1.29, 1.82) is 0 Å². The Bertz CT molecular complexity index is 918. The van der Waals surface area contributed by atoms with Gasteiger partial charge in [-0.2, -0.15) is 0 Å².